The van der Waals surface area contributed by atoms with Gasteiger partial charge in [-0.3, -0.25) is 19.7 Å². The van der Waals surface area contributed by atoms with Crippen molar-refractivity contribution in [1.82, 2.24) is 29.7 Å². The SMILES string of the molecule is COc1ccc(C(=O)Nc2ncnc3c2ncn3CC(=O)N(CCNC(c2ccccc2)(c2ccccc2)c2ccc(OC)cc2)CC(=O)O)cc1. The number of aliphatic carboxylic acids is 1. The van der Waals surface area contributed by atoms with Gasteiger partial charge in [0.1, 0.15) is 30.9 Å². The number of carbonyl (C=O) groups excluding carboxylic acids is 2. The van der Waals surface area contributed by atoms with Crippen LogP contribution < -0.4 is 20.1 Å². The third-order valence-electron chi connectivity index (χ3n) is 8.68. The summed E-state index contributed by atoms with van der Waals surface area (Å²) in [5.41, 5.74) is 2.96. The Morgan fingerprint density at radius 3 is 1.92 bits per heavy atom. The minimum Gasteiger partial charge on any atom is -0.497 e. The number of carboxylic acids is 1. The number of carboxylic acid groups (broad SMARTS) is 1. The van der Waals surface area contributed by atoms with Crippen molar-refractivity contribution in [2.24, 2.45) is 0 Å². The predicted molar refractivity (Wildman–Crippen MR) is 194 cm³/mol. The molecule has 0 aliphatic rings. The summed E-state index contributed by atoms with van der Waals surface area (Å²) >= 11 is 0. The molecule has 0 atom stereocenters. The fraction of sp³-hybridized carbons (Fsp3) is 0.179. The van der Waals surface area contributed by atoms with Crippen LogP contribution in [0.25, 0.3) is 11.2 Å². The van der Waals surface area contributed by atoms with Gasteiger partial charge in [-0.1, -0.05) is 72.8 Å². The Morgan fingerprint density at radius 2 is 1.35 bits per heavy atom. The second-order valence-electron chi connectivity index (χ2n) is 11.8. The lowest BCUT2D eigenvalue weighted by Crippen LogP contribution is -2.49. The highest BCUT2D eigenvalue weighted by Crippen LogP contribution is 2.37. The van der Waals surface area contributed by atoms with Gasteiger partial charge in [0.25, 0.3) is 5.91 Å². The molecule has 3 N–H and O–H groups in total. The van der Waals surface area contributed by atoms with Crippen LogP contribution in [-0.2, 0) is 21.7 Å². The summed E-state index contributed by atoms with van der Waals surface area (Å²) in [6.45, 7) is -0.443. The number of hydrogen-bond donors (Lipinski definition) is 3. The topological polar surface area (TPSA) is 161 Å². The highest BCUT2D eigenvalue weighted by molar-refractivity contribution is 6.06. The highest BCUT2D eigenvalue weighted by atomic mass is 16.5. The van der Waals surface area contributed by atoms with E-state index in [1.54, 1.807) is 31.4 Å². The van der Waals surface area contributed by atoms with Crippen molar-refractivity contribution in [2.45, 2.75) is 12.1 Å². The smallest absolute Gasteiger partial charge is 0.323 e. The van der Waals surface area contributed by atoms with Gasteiger partial charge in [0.05, 0.1) is 26.1 Å². The van der Waals surface area contributed by atoms with Crippen LogP contribution in [0.4, 0.5) is 5.82 Å². The molecular formula is C39H37N7O6. The molecule has 2 heterocycles. The summed E-state index contributed by atoms with van der Waals surface area (Å²) in [6, 6.07) is 34.2. The summed E-state index contributed by atoms with van der Waals surface area (Å²) in [5.74, 6) is -0.532. The average Bonchev–Trinajstić information content (AvgIpc) is 3.60. The first-order valence-electron chi connectivity index (χ1n) is 16.4. The monoisotopic (exact) mass is 699 g/mol. The van der Waals surface area contributed by atoms with Crippen molar-refractivity contribution >= 4 is 34.8 Å². The Morgan fingerprint density at radius 1 is 0.769 bits per heavy atom. The van der Waals surface area contributed by atoms with E-state index in [0.29, 0.717) is 22.7 Å². The Bertz CT molecular complexity index is 2100. The molecular weight excluding hydrogens is 662 g/mol. The van der Waals surface area contributed by atoms with Gasteiger partial charge in [-0.25, -0.2) is 15.0 Å². The van der Waals surface area contributed by atoms with E-state index in [2.05, 4.69) is 25.6 Å². The molecule has 13 nitrogen and oxygen atoms in total. The largest absolute Gasteiger partial charge is 0.497 e. The molecule has 0 radical (unpaired) electrons. The summed E-state index contributed by atoms with van der Waals surface area (Å²) in [7, 11) is 3.15. The number of anilines is 1. The van der Waals surface area contributed by atoms with E-state index >= 15 is 0 Å². The lowest BCUT2D eigenvalue weighted by molar-refractivity contribution is -0.144. The van der Waals surface area contributed by atoms with Gasteiger partial charge in [0, 0.05) is 18.7 Å². The number of nitrogens with zero attached hydrogens (tertiary/aromatic N) is 5. The quantitative estimate of drug-likeness (QED) is 0.129. The first-order chi connectivity index (χ1) is 25.3. The van der Waals surface area contributed by atoms with Crippen LogP contribution in [0.1, 0.15) is 27.0 Å². The van der Waals surface area contributed by atoms with Gasteiger partial charge in [-0.15, -0.1) is 0 Å². The number of amides is 2. The number of hydrogen-bond acceptors (Lipinski definition) is 9. The zero-order chi connectivity index (χ0) is 36.5. The molecule has 0 spiro atoms. The van der Waals surface area contributed by atoms with Crippen molar-refractivity contribution in [3.8, 4) is 11.5 Å². The van der Waals surface area contributed by atoms with Crippen molar-refractivity contribution < 1.29 is 29.0 Å². The van der Waals surface area contributed by atoms with Crippen molar-refractivity contribution in [3.63, 3.8) is 0 Å². The summed E-state index contributed by atoms with van der Waals surface area (Å²) < 4.78 is 12.1. The maximum atomic E-state index is 13.8. The molecule has 0 saturated carbocycles. The summed E-state index contributed by atoms with van der Waals surface area (Å²) in [5, 5.41) is 16.2. The average molecular weight is 700 g/mol. The lowest BCUT2D eigenvalue weighted by atomic mass is 9.77. The number of nitrogens with one attached hydrogen (secondary N) is 2. The van der Waals surface area contributed by atoms with Crippen molar-refractivity contribution in [2.75, 3.05) is 39.2 Å². The number of carbonyl (C=O) groups is 3. The minimum absolute atomic E-state index is 0.0769. The molecule has 2 aromatic heterocycles. The molecule has 6 rings (SSSR count). The standard InChI is InChI=1S/C39H37N7O6/c1-51-31-17-13-27(14-18-31)38(50)44-36-35-37(41-25-40-36)46(26-42-35)23-33(47)45(24-34(48)49)22-21-43-39(28-9-5-3-6-10-28,29-11-7-4-8-12-29)30-15-19-32(52-2)20-16-30/h3-20,25-26,43H,21-24H2,1-2H3,(H,48,49)(H,40,41,44,50). The van der Waals surface area contributed by atoms with Crippen LogP contribution in [0.5, 0.6) is 11.5 Å². The Hall–Kier alpha value is -6.60. The first-order valence-corrected chi connectivity index (χ1v) is 16.4. The second kappa shape index (κ2) is 16.0. The maximum absolute atomic E-state index is 13.8. The van der Waals surface area contributed by atoms with E-state index in [4.69, 9.17) is 9.47 Å². The third kappa shape index (κ3) is 7.59. The van der Waals surface area contributed by atoms with E-state index < -0.39 is 29.9 Å². The van der Waals surface area contributed by atoms with Crippen LogP contribution in [0.3, 0.4) is 0 Å². The second-order valence-corrected chi connectivity index (χ2v) is 11.8. The number of methoxy groups -OCH3 is 2. The minimum atomic E-state index is -1.15. The fourth-order valence-corrected chi connectivity index (χ4v) is 6.11. The van der Waals surface area contributed by atoms with Crippen LogP contribution in [0.2, 0.25) is 0 Å². The molecule has 2 amide bonds. The fourth-order valence-electron chi connectivity index (χ4n) is 6.11. The molecule has 13 heteroatoms. The van der Waals surface area contributed by atoms with Gasteiger partial charge < -0.3 is 29.4 Å². The van der Waals surface area contributed by atoms with Crippen LogP contribution in [-0.4, -0.2) is 81.2 Å². The molecule has 6 aromatic rings. The van der Waals surface area contributed by atoms with E-state index in [1.165, 1.54) is 29.2 Å². The zero-order valence-corrected chi connectivity index (χ0v) is 28.6. The first kappa shape index (κ1) is 35.2. The van der Waals surface area contributed by atoms with Crippen LogP contribution >= 0.6 is 0 Å². The number of aromatic nitrogens is 4. The molecule has 0 aliphatic heterocycles. The Kier molecular flexibility index (Phi) is 10.8. The van der Waals surface area contributed by atoms with E-state index in [0.717, 1.165) is 16.7 Å². The summed E-state index contributed by atoms with van der Waals surface area (Å²) in [4.78, 5) is 52.8. The van der Waals surface area contributed by atoms with Crippen LogP contribution in [0, 0.1) is 0 Å². The third-order valence-corrected chi connectivity index (χ3v) is 8.68. The van der Waals surface area contributed by atoms with Gasteiger partial charge in [0.15, 0.2) is 17.0 Å². The van der Waals surface area contributed by atoms with Gasteiger partial charge >= 0.3 is 5.97 Å². The number of imidazole rings is 1. The zero-order valence-electron chi connectivity index (χ0n) is 28.6. The van der Waals surface area contributed by atoms with Crippen LogP contribution in [0.15, 0.2) is 122 Å². The number of ether oxygens (including phenoxy) is 2. The van der Waals surface area contributed by atoms with Crippen molar-refractivity contribution in [3.05, 3.63) is 144 Å². The maximum Gasteiger partial charge on any atom is 0.323 e. The highest BCUT2D eigenvalue weighted by Gasteiger charge is 2.36. The molecule has 0 saturated heterocycles. The Labute approximate surface area is 299 Å². The normalized spacial score (nSPS) is 11.2. The van der Waals surface area contributed by atoms with Gasteiger partial charge in [-0.05, 0) is 53.1 Å². The molecule has 0 fully saturated rings. The molecule has 264 valence electrons. The summed E-state index contributed by atoms with van der Waals surface area (Å²) in [6.07, 6.45) is 2.68. The Balaban J connectivity index is 1.23. The van der Waals surface area contributed by atoms with E-state index in [-0.39, 0.29) is 31.0 Å². The van der Waals surface area contributed by atoms with Crippen molar-refractivity contribution in [1.29, 1.82) is 0 Å². The number of fused-ring (bicyclic) bond motifs is 1. The molecule has 52 heavy (non-hydrogen) atoms. The molecule has 0 aliphatic carbocycles. The van der Waals surface area contributed by atoms with Gasteiger partial charge in [0.2, 0.25) is 5.91 Å². The lowest BCUT2D eigenvalue weighted by Gasteiger charge is -2.38. The van der Waals surface area contributed by atoms with E-state index in [9.17, 15) is 19.5 Å². The molecule has 0 unspecified atom stereocenters. The predicted octanol–water partition coefficient (Wildman–Crippen LogP) is 4.59. The van der Waals surface area contributed by atoms with E-state index in [1.807, 2.05) is 84.9 Å². The molecule has 4 aromatic carbocycles. The molecule has 0 bridgehead atoms. The van der Waals surface area contributed by atoms with Gasteiger partial charge in [-0.2, -0.15) is 0 Å². The number of rotatable bonds is 15. The number of benzene rings is 4.